The zero-order chi connectivity index (χ0) is 25.2. The van der Waals surface area contributed by atoms with Gasteiger partial charge in [0.05, 0.1) is 0 Å². The molecule has 3 aromatic carbocycles. The molecule has 1 atom stereocenters. The number of benzene rings is 3. The van der Waals surface area contributed by atoms with Gasteiger partial charge < -0.3 is 15.0 Å². The number of aryl methyl sites for hydroxylation is 1. The second kappa shape index (κ2) is 13.0. The van der Waals surface area contributed by atoms with Crippen LogP contribution in [0.15, 0.2) is 78.9 Å². The van der Waals surface area contributed by atoms with Crippen LogP contribution < -0.4 is 10.1 Å². The minimum atomic E-state index is -0.694. The first-order chi connectivity index (χ1) is 16.8. The molecule has 3 aromatic rings. The second-order valence-electron chi connectivity index (χ2n) is 9.10. The molecule has 184 valence electrons. The molecular weight excluding hydrogens is 460 g/mol. The van der Waals surface area contributed by atoms with E-state index in [1.807, 2.05) is 87.5 Å². The van der Waals surface area contributed by atoms with Crippen molar-refractivity contribution in [3.63, 3.8) is 0 Å². The van der Waals surface area contributed by atoms with E-state index in [0.717, 1.165) is 16.7 Å². The Balaban J connectivity index is 1.89. The van der Waals surface area contributed by atoms with Crippen LogP contribution in [0.25, 0.3) is 0 Å². The number of nitrogens with zero attached hydrogens (tertiary/aromatic N) is 1. The predicted molar refractivity (Wildman–Crippen MR) is 140 cm³/mol. The topological polar surface area (TPSA) is 58.6 Å². The predicted octanol–water partition coefficient (Wildman–Crippen LogP) is 5.44. The number of amides is 2. The summed E-state index contributed by atoms with van der Waals surface area (Å²) >= 11 is 6.07. The molecule has 0 aliphatic carbocycles. The molecule has 1 unspecified atom stereocenters. The summed E-state index contributed by atoms with van der Waals surface area (Å²) in [4.78, 5) is 28.5. The Labute approximate surface area is 213 Å². The van der Waals surface area contributed by atoms with E-state index in [2.05, 4.69) is 5.32 Å². The Bertz CT molecular complexity index is 1100. The van der Waals surface area contributed by atoms with Crippen molar-refractivity contribution in [3.8, 4) is 5.75 Å². The Morgan fingerprint density at radius 3 is 2.31 bits per heavy atom. The van der Waals surface area contributed by atoms with Crippen LogP contribution >= 0.6 is 11.6 Å². The van der Waals surface area contributed by atoms with Crippen LogP contribution in [-0.4, -0.2) is 35.9 Å². The highest BCUT2D eigenvalue weighted by Gasteiger charge is 2.30. The number of hydrogen-bond acceptors (Lipinski definition) is 3. The molecule has 1 N–H and O–H groups in total. The van der Waals surface area contributed by atoms with Gasteiger partial charge in [0.2, 0.25) is 5.91 Å². The quantitative estimate of drug-likeness (QED) is 0.387. The summed E-state index contributed by atoms with van der Waals surface area (Å²) in [5.41, 5.74) is 2.90. The molecule has 0 fully saturated rings. The van der Waals surface area contributed by atoms with Crippen LogP contribution in [0.1, 0.15) is 30.5 Å². The monoisotopic (exact) mass is 492 g/mol. The summed E-state index contributed by atoms with van der Waals surface area (Å²) in [6.07, 6.45) is 0.397. The summed E-state index contributed by atoms with van der Waals surface area (Å²) in [5.74, 6) is 0.470. The number of carbonyl (C=O) groups is 2. The van der Waals surface area contributed by atoms with Crippen LogP contribution in [0, 0.1) is 12.8 Å². The van der Waals surface area contributed by atoms with E-state index < -0.39 is 6.04 Å². The smallest absolute Gasteiger partial charge is 0.261 e. The molecule has 6 heteroatoms. The zero-order valence-electron chi connectivity index (χ0n) is 20.5. The first kappa shape index (κ1) is 26.3. The van der Waals surface area contributed by atoms with Crippen molar-refractivity contribution in [3.05, 3.63) is 101 Å². The number of halogens is 1. The van der Waals surface area contributed by atoms with Gasteiger partial charge in [0.15, 0.2) is 6.61 Å². The maximum atomic E-state index is 13.5. The van der Waals surface area contributed by atoms with Crippen LogP contribution in [0.4, 0.5) is 0 Å². The van der Waals surface area contributed by atoms with Crippen molar-refractivity contribution in [2.24, 2.45) is 5.92 Å². The fourth-order valence-electron chi connectivity index (χ4n) is 3.70. The normalized spacial score (nSPS) is 11.7. The molecule has 35 heavy (non-hydrogen) atoms. The summed E-state index contributed by atoms with van der Waals surface area (Å²) in [6.45, 7) is 6.68. The average molecular weight is 493 g/mol. The molecular formula is C29H33ClN2O3. The molecule has 0 bridgehead atoms. The summed E-state index contributed by atoms with van der Waals surface area (Å²) < 4.78 is 5.82. The molecule has 0 aliphatic rings. The maximum Gasteiger partial charge on any atom is 0.261 e. The summed E-state index contributed by atoms with van der Waals surface area (Å²) in [7, 11) is 0. The van der Waals surface area contributed by atoms with Crippen LogP contribution in [-0.2, 0) is 22.6 Å². The van der Waals surface area contributed by atoms with E-state index >= 15 is 0 Å². The molecule has 0 aliphatic heterocycles. The van der Waals surface area contributed by atoms with Crippen LogP contribution in [0.3, 0.4) is 0 Å². The van der Waals surface area contributed by atoms with Crippen molar-refractivity contribution >= 4 is 23.4 Å². The largest absolute Gasteiger partial charge is 0.484 e. The van der Waals surface area contributed by atoms with E-state index in [0.29, 0.717) is 29.7 Å². The van der Waals surface area contributed by atoms with Gasteiger partial charge in [-0.15, -0.1) is 0 Å². The summed E-state index contributed by atoms with van der Waals surface area (Å²) in [6, 6.07) is 23.9. The van der Waals surface area contributed by atoms with Gasteiger partial charge in [-0.25, -0.2) is 0 Å². The number of rotatable bonds is 11. The molecule has 0 radical (unpaired) electrons. The maximum absolute atomic E-state index is 13.5. The standard InChI is InChI=1S/C29H33ClN2O3/c1-21(2)18-31-29(34)27(17-23-9-5-4-6-10-23)32(19-24-12-14-25(30)15-13-24)28(33)20-35-26-11-7-8-22(3)16-26/h4-16,21,27H,17-20H2,1-3H3,(H,31,34). The van der Waals surface area contributed by atoms with Gasteiger partial charge in [-0.2, -0.15) is 0 Å². The molecule has 0 saturated carbocycles. The Kier molecular flexibility index (Phi) is 9.74. The van der Waals surface area contributed by atoms with E-state index in [-0.39, 0.29) is 25.0 Å². The van der Waals surface area contributed by atoms with E-state index in [9.17, 15) is 9.59 Å². The molecule has 0 aromatic heterocycles. The highest BCUT2D eigenvalue weighted by Crippen LogP contribution is 2.18. The lowest BCUT2D eigenvalue weighted by Crippen LogP contribution is -2.52. The van der Waals surface area contributed by atoms with Gasteiger partial charge in [-0.1, -0.05) is 80.0 Å². The van der Waals surface area contributed by atoms with Gasteiger partial charge in [0, 0.05) is 24.5 Å². The minimum absolute atomic E-state index is 0.167. The van der Waals surface area contributed by atoms with Gasteiger partial charge in [-0.3, -0.25) is 9.59 Å². The Morgan fingerprint density at radius 2 is 1.66 bits per heavy atom. The van der Waals surface area contributed by atoms with Gasteiger partial charge in [0.25, 0.3) is 5.91 Å². The third-order valence-corrected chi connectivity index (χ3v) is 5.83. The van der Waals surface area contributed by atoms with Crippen LogP contribution in [0.2, 0.25) is 5.02 Å². The van der Waals surface area contributed by atoms with Crippen molar-refractivity contribution in [1.82, 2.24) is 10.2 Å². The average Bonchev–Trinajstić information content (AvgIpc) is 2.85. The molecule has 0 heterocycles. The second-order valence-corrected chi connectivity index (χ2v) is 9.53. The number of hydrogen-bond donors (Lipinski definition) is 1. The van der Waals surface area contributed by atoms with Crippen LogP contribution in [0.5, 0.6) is 5.75 Å². The molecule has 5 nitrogen and oxygen atoms in total. The SMILES string of the molecule is Cc1cccc(OCC(=O)N(Cc2ccc(Cl)cc2)C(Cc2ccccc2)C(=O)NCC(C)C)c1. The first-order valence-corrected chi connectivity index (χ1v) is 12.2. The van der Waals surface area contributed by atoms with Gasteiger partial charge in [0.1, 0.15) is 11.8 Å². The van der Waals surface area contributed by atoms with E-state index in [1.165, 1.54) is 0 Å². The number of nitrogens with one attached hydrogen (secondary N) is 1. The van der Waals surface area contributed by atoms with Crippen molar-refractivity contribution in [2.45, 2.75) is 39.8 Å². The van der Waals surface area contributed by atoms with Gasteiger partial charge >= 0.3 is 0 Å². The fraction of sp³-hybridized carbons (Fsp3) is 0.310. The Morgan fingerprint density at radius 1 is 0.943 bits per heavy atom. The van der Waals surface area contributed by atoms with E-state index in [4.69, 9.17) is 16.3 Å². The fourth-order valence-corrected chi connectivity index (χ4v) is 3.82. The number of carbonyl (C=O) groups excluding carboxylic acids is 2. The molecule has 0 saturated heterocycles. The third-order valence-electron chi connectivity index (χ3n) is 5.57. The molecule has 2 amide bonds. The lowest BCUT2D eigenvalue weighted by atomic mass is 10.0. The third kappa shape index (κ3) is 8.45. The molecule has 3 rings (SSSR count). The minimum Gasteiger partial charge on any atom is -0.484 e. The van der Waals surface area contributed by atoms with Crippen molar-refractivity contribution in [1.29, 1.82) is 0 Å². The van der Waals surface area contributed by atoms with E-state index in [1.54, 1.807) is 17.0 Å². The highest BCUT2D eigenvalue weighted by atomic mass is 35.5. The van der Waals surface area contributed by atoms with Gasteiger partial charge in [-0.05, 0) is 53.8 Å². The van der Waals surface area contributed by atoms with Crippen molar-refractivity contribution in [2.75, 3.05) is 13.2 Å². The zero-order valence-corrected chi connectivity index (χ0v) is 21.3. The highest BCUT2D eigenvalue weighted by molar-refractivity contribution is 6.30. The molecule has 0 spiro atoms. The lowest BCUT2D eigenvalue weighted by molar-refractivity contribution is -0.142. The first-order valence-electron chi connectivity index (χ1n) is 11.9. The summed E-state index contributed by atoms with van der Waals surface area (Å²) in [5, 5.41) is 3.63. The Hall–Kier alpha value is -3.31. The number of ether oxygens (including phenoxy) is 1. The van der Waals surface area contributed by atoms with Crippen molar-refractivity contribution < 1.29 is 14.3 Å². The lowest BCUT2D eigenvalue weighted by Gasteiger charge is -2.31.